The standard InChI is InChI=1S/C27H29N3O3/c1-33-27(32)29-16-20-12-13-22(18-6-7-18)25(30-20)26(31)19-10-8-17(9-11-19)21-14-15-28-24-5-3-2-4-23(21)24/h2-5,12-15,17-19H,6-11,16H2,1H3,(H,29,32). The number of carbonyl (C=O) groups is 2. The van der Waals surface area contributed by atoms with Gasteiger partial charge in [-0.05, 0) is 79.7 Å². The van der Waals surface area contributed by atoms with Gasteiger partial charge < -0.3 is 10.1 Å². The summed E-state index contributed by atoms with van der Waals surface area (Å²) in [6, 6.07) is 14.4. The lowest BCUT2D eigenvalue weighted by molar-refractivity contribution is 0.0877. The van der Waals surface area contributed by atoms with Gasteiger partial charge in [0.05, 0.1) is 24.9 Å². The number of Topliss-reactive ketones (excluding diaryl/α,β-unsaturated/α-hetero) is 1. The van der Waals surface area contributed by atoms with Gasteiger partial charge in [0.1, 0.15) is 5.69 Å². The highest BCUT2D eigenvalue weighted by Gasteiger charge is 2.34. The number of methoxy groups -OCH3 is 1. The van der Waals surface area contributed by atoms with Crippen LogP contribution in [0.3, 0.4) is 0 Å². The Kier molecular flexibility index (Phi) is 6.07. The summed E-state index contributed by atoms with van der Waals surface area (Å²) in [5, 5.41) is 3.88. The number of amides is 1. The first-order chi connectivity index (χ1) is 16.1. The molecule has 6 heteroatoms. The highest BCUT2D eigenvalue weighted by molar-refractivity contribution is 5.98. The zero-order chi connectivity index (χ0) is 22.8. The molecule has 0 spiro atoms. The molecule has 2 saturated carbocycles. The van der Waals surface area contributed by atoms with Gasteiger partial charge in [-0.1, -0.05) is 24.3 Å². The monoisotopic (exact) mass is 443 g/mol. The zero-order valence-corrected chi connectivity index (χ0v) is 18.9. The molecule has 0 unspecified atom stereocenters. The maximum absolute atomic E-state index is 13.6. The SMILES string of the molecule is COC(=O)NCc1ccc(C2CC2)c(C(=O)C2CCC(c3ccnc4ccccc34)CC2)n1. The molecule has 2 aromatic heterocycles. The first-order valence-corrected chi connectivity index (χ1v) is 11.8. The number of hydrogen-bond acceptors (Lipinski definition) is 5. The van der Waals surface area contributed by atoms with Crippen LogP contribution in [0.5, 0.6) is 0 Å². The normalized spacial score (nSPS) is 20.4. The number of aromatic nitrogens is 2. The summed E-state index contributed by atoms with van der Waals surface area (Å²) in [5.74, 6) is 1.06. The molecule has 2 aliphatic rings. The van der Waals surface area contributed by atoms with Crippen molar-refractivity contribution in [3.63, 3.8) is 0 Å². The van der Waals surface area contributed by atoms with Crippen LogP contribution in [0.25, 0.3) is 10.9 Å². The predicted octanol–water partition coefficient (Wildman–Crippen LogP) is 5.52. The van der Waals surface area contributed by atoms with Crippen molar-refractivity contribution >= 4 is 22.8 Å². The van der Waals surface area contributed by atoms with Crippen LogP contribution in [0.1, 0.15) is 77.7 Å². The fraction of sp³-hybridized carbons (Fsp3) is 0.407. The molecule has 1 N–H and O–H groups in total. The van der Waals surface area contributed by atoms with E-state index < -0.39 is 6.09 Å². The fourth-order valence-electron chi connectivity index (χ4n) is 5.10. The van der Waals surface area contributed by atoms with E-state index in [1.165, 1.54) is 18.1 Å². The van der Waals surface area contributed by atoms with E-state index in [0.29, 0.717) is 23.2 Å². The van der Waals surface area contributed by atoms with E-state index in [0.717, 1.165) is 49.6 Å². The summed E-state index contributed by atoms with van der Waals surface area (Å²) in [4.78, 5) is 34.2. The molecule has 0 saturated heterocycles. The molecule has 170 valence electrons. The summed E-state index contributed by atoms with van der Waals surface area (Å²) in [5.41, 5.74) is 4.75. The molecule has 2 heterocycles. The number of para-hydroxylation sites is 1. The third-order valence-electron chi connectivity index (χ3n) is 7.05. The Labute approximate surface area is 193 Å². The first kappa shape index (κ1) is 21.6. The minimum atomic E-state index is -0.502. The molecule has 2 fully saturated rings. The molecular weight excluding hydrogens is 414 g/mol. The van der Waals surface area contributed by atoms with Crippen LogP contribution in [-0.2, 0) is 11.3 Å². The Balaban J connectivity index is 1.31. The molecule has 3 aromatic rings. The van der Waals surface area contributed by atoms with Crippen molar-refractivity contribution in [3.05, 3.63) is 71.2 Å². The number of nitrogens with zero attached hydrogens (tertiary/aromatic N) is 2. The number of pyridine rings is 2. The maximum atomic E-state index is 13.6. The van der Waals surface area contributed by atoms with Crippen LogP contribution in [0.15, 0.2) is 48.7 Å². The van der Waals surface area contributed by atoms with Gasteiger partial charge in [-0.2, -0.15) is 0 Å². The number of benzene rings is 1. The largest absolute Gasteiger partial charge is 0.453 e. The molecule has 0 bridgehead atoms. The summed E-state index contributed by atoms with van der Waals surface area (Å²) in [7, 11) is 1.33. The van der Waals surface area contributed by atoms with Crippen molar-refractivity contribution in [2.24, 2.45) is 5.92 Å². The zero-order valence-electron chi connectivity index (χ0n) is 18.9. The molecule has 6 nitrogen and oxygen atoms in total. The molecule has 33 heavy (non-hydrogen) atoms. The van der Waals surface area contributed by atoms with Gasteiger partial charge in [0.15, 0.2) is 5.78 Å². The van der Waals surface area contributed by atoms with Gasteiger partial charge in [-0.15, -0.1) is 0 Å². The van der Waals surface area contributed by atoms with Crippen LogP contribution in [-0.4, -0.2) is 29.0 Å². The van der Waals surface area contributed by atoms with Crippen LogP contribution < -0.4 is 5.32 Å². The minimum absolute atomic E-state index is 0.00293. The minimum Gasteiger partial charge on any atom is -0.453 e. The van der Waals surface area contributed by atoms with Crippen LogP contribution in [0, 0.1) is 5.92 Å². The Bertz CT molecular complexity index is 1170. The predicted molar refractivity (Wildman–Crippen MR) is 126 cm³/mol. The average molecular weight is 444 g/mol. The Morgan fingerprint density at radius 3 is 2.42 bits per heavy atom. The van der Waals surface area contributed by atoms with Crippen LogP contribution in [0.2, 0.25) is 0 Å². The maximum Gasteiger partial charge on any atom is 0.407 e. The smallest absolute Gasteiger partial charge is 0.407 e. The quantitative estimate of drug-likeness (QED) is 0.507. The molecule has 5 rings (SSSR count). The lowest BCUT2D eigenvalue weighted by Crippen LogP contribution is -2.25. The van der Waals surface area contributed by atoms with Crippen molar-refractivity contribution < 1.29 is 14.3 Å². The summed E-state index contributed by atoms with van der Waals surface area (Å²) >= 11 is 0. The van der Waals surface area contributed by atoms with Crippen LogP contribution in [0.4, 0.5) is 4.79 Å². The van der Waals surface area contributed by atoms with E-state index in [9.17, 15) is 9.59 Å². The van der Waals surface area contributed by atoms with Gasteiger partial charge in [-0.25, -0.2) is 9.78 Å². The topological polar surface area (TPSA) is 81.2 Å². The first-order valence-electron chi connectivity index (χ1n) is 11.8. The van der Waals surface area contributed by atoms with Crippen molar-refractivity contribution in [1.29, 1.82) is 0 Å². The number of alkyl carbamates (subject to hydrolysis) is 1. The van der Waals surface area contributed by atoms with E-state index in [1.54, 1.807) is 0 Å². The summed E-state index contributed by atoms with van der Waals surface area (Å²) < 4.78 is 4.64. The van der Waals surface area contributed by atoms with Crippen molar-refractivity contribution in [3.8, 4) is 0 Å². The molecule has 1 amide bonds. The van der Waals surface area contributed by atoms with Crippen LogP contribution >= 0.6 is 0 Å². The summed E-state index contributed by atoms with van der Waals surface area (Å²) in [6.45, 7) is 0.250. The van der Waals surface area contributed by atoms with Gasteiger partial charge in [0.25, 0.3) is 0 Å². The second-order valence-corrected chi connectivity index (χ2v) is 9.19. The summed E-state index contributed by atoms with van der Waals surface area (Å²) in [6.07, 6.45) is 7.35. The molecule has 2 aliphatic carbocycles. The van der Waals surface area contributed by atoms with Gasteiger partial charge in [0.2, 0.25) is 0 Å². The van der Waals surface area contributed by atoms with Gasteiger partial charge in [0, 0.05) is 17.5 Å². The van der Waals surface area contributed by atoms with E-state index in [2.05, 4.69) is 39.3 Å². The van der Waals surface area contributed by atoms with E-state index in [1.807, 2.05) is 24.4 Å². The average Bonchev–Trinajstić information content (AvgIpc) is 3.72. The fourth-order valence-corrected chi connectivity index (χ4v) is 5.10. The number of nitrogens with one attached hydrogen (secondary N) is 1. The Morgan fingerprint density at radius 2 is 1.67 bits per heavy atom. The van der Waals surface area contributed by atoms with E-state index >= 15 is 0 Å². The van der Waals surface area contributed by atoms with Gasteiger partial charge in [-0.3, -0.25) is 9.78 Å². The Hall–Kier alpha value is -3.28. The third kappa shape index (κ3) is 4.61. The highest BCUT2D eigenvalue weighted by atomic mass is 16.5. The molecule has 0 atom stereocenters. The van der Waals surface area contributed by atoms with E-state index in [-0.39, 0.29) is 18.2 Å². The number of ether oxygens (including phenoxy) is 1. The Morgan fingerprint density at radius 1 is 0.939 bits per heavy atom. The highest BCUT2D eigenvalue weighted by Crippen LogP contribution is 2.43. The van der Waals surface area contributed by atoms with Gasteiger partial charge >= 0.3 is 6.09 Å². The third-order valence-corrected chi connectivity index (χ3v) is 7.05. The number of fused-ring (bicyclic) bond motifs is 1. The number of carbonyl (C=O) groups excluding carboxylic acids is 2. The number of ketones is 1. The molecule has 0 radical (unpaired) electrons. The lowest BCUT2D eigenvalue weighted by atomic mass is 9.75. The van der Waals surface area contributed by atoms with Crippen molar-refractivity contribution in [2.75, 3.05) is 7.11 Å². The molecule has 0 aliphatic heterocycles. The number of hydrogen-bond donors (Lipinski definition) is 1. The molecule has 1 aromatic carbocycles. The number of rotatable bonds is 6. The van der Waals surface area contributed by atoms with E-state index in [4.69, 9.17) is 4.98 Å². The van der Waals surface area contributed by atoms with Crippen molar-refractivity contribution in [2.45, 2.75) is 56.9 Å². The second-order valence-electron chi connectivity index (χ2n) is 9.19. The second kappa shape index (κ2) is 9.30. The molecular formula is C27H29N3O3. The van der Waals surface area contributed by atoms with Crippen molar-refractivity contribution in [1.82, 2.24) is 15.3 Å². The lowest BCUT2D eigenvalue weighted by Gasteiger charge is -2.29.